The number of benzene rings is 1. The summed E-state index contributed by atoms with van der Waals surface area (Å²) in [5, 5.41) is 2.42. The Kier molecular flexibility index (Phi) is 3.95. The van der Waals surface area contributed by atoms with Gasteiger partial charge in [0.05, 0.1) is 5.69 Å². The molecule has 0 aromatic heterocycles. The van der Waals surface area contributed by atoms with Crippen molar-refractivity contribution in [1.82, 2.24) is 10.0 Å². The smallest absolute Gasteiger partial charge is 0.328 e. The van der Waals surface area contributed by atoms with Crippen LogP contribution in [0.2, 0.25) is 0 Å². The second-order valence-corrected chi connectivity index (χ2v) is 5.42. The normalized spacial score (nSPS) is 11.2. The number of anilines is 1. The summed E-state index contributed by atoms with van der Waals surface area (Å²) < 4.78 is 25.5. The third-order valence-corrected chi connectivity index (χ3v) is 3.26. The molecule has 0 saturated carbocycles. The van der Waals surface area contributed by atoms with Gasteiger partial charge in [-0.25, -0.2) is 17.9 Å². The monoisotopic (exact) mass is 257 g/mol. The van der Waals surface area contributed by atoms with Crippen LogP contribution < -0.4 is 15.8 Å². The third-order valence-electron chi connectivity index (χ3n) is 1.86. The van der Waals surface area contributed by atoms with E-state index in [9.17, 15) is 13.2 Å². The van der Waals surface area contributed by atoms with Crippen LogP contribution in [-0.4, -0.2) is 20.5 Å². The summed E-state index contributed by atoms with van der Waals surface area (Å²) in [5.41, 5.74) is 5.63. The lowest BCUT2D eigenvalue weighted by molar-refractivity contribution is 0.243. The van der Waals surface area contributed by atoms with Gasteiger partial charge in [-0.3, -0.25) is 0 Å². The first-order valence-electron chi connectivity index (χ1n) is 5.01. The molecule has 0 atom stereocenters. The Bertz CT molecular complexity index is 511. The first kappa shape index (κ1) is 13.3. The van der Waals surface area contributed by atoms with Gasteiger partial charge in [-0.15, -0.1) is 0 Å². The second kappa shape index (κ2) is 5.05. The Balaban J connectivity index is 2.91. The van der Waals surface area contributed by atoms with Gasteiger partial charge in [0.25, 0.3) is 10.0 Å². The Labute approximate surface area is 100 Å². The van der Waals surface area contributed by atoms with Crippen molar-refractivity contribution in [2.24, 2.45) is 0 Å². The van der Waals surface area contributed by atoms with E-state index in [1.807, 2.05) is 4.72 Å². The summed E-state index contributed by atoms with van der Waals surface area (Å²) >= 11 is 0. The highest BCUT2D eigenvalue weighted by Gasteiger charge is 2.19. The maximum atomic E-state index is 11.8. The summed E-state index contributed by atoms with van der Waals surface area (Å²) in [6, 6.07) is 5.00. The lowest BCUT2D eigenvalue weighted by Gasteiger charge is -2.11. The summed E-state index contributed by atoms with van der Waals surface area (Å²) in [5.74, 6) is 0. The van der Waals surface area contributed by atoms with Crippen molar-refractivity contribution in [3.05, 3.63) is 24.3 Å². The Morgan fingerprint density at radius 3 is 2.41 bits per heavy atom. The van der Waals surface area contributed by atoms with Crippen LogP contribution in [0.5, 0.6) is 0 Å². The zero-order valence-corrected chi connectivity index (χ0v) is 10.4. The first-order valence-corrected chi connectivity index (χ1v) is 6.49. The topological polar surface area (TPSA) is 101 Å². The molecule has 4 N–H and O–H groups in total. The summed E-state index contributed by atoms with van der Waals surface area (Å²) in [7, 11) is -3.92. The van der Waals surface area contributed by atoms with Crippen LogP contribution in [0, 0.1) is 0 Å². The van der Waals surface area contributed by atoms with Crippen molar-refractivity contribution < 1.29 is 13.2 Å². The highest BCUT2D eigenvalue weighted by Crippen LogP contribution is 2.16. The predicted molar refractivity (Wildman–Crippen MR) is 64.8 cm³/mol. The first-order chi connectivity index (χ1) is 7.83. The van der Waals surface area contributed by atoms with Crippen molar-refractivity contribution in [3.8, 4) is 0 Å². The zero-order chi connectivity index (χ0) is 13.1. The van der Waals surface area contributed by atoms with Crippen LogP contribution in [0.25, 0.3) is 0 Å². The Morgan fingerprint density at radius 1 is 1.29 bits per heavy atom. The number of carbonyl (C=O) groups is 1. The quantitative estimate of drug-likeness (QED) is 0.692. The molecule has 0 spiro atoms. The lowest BCUT2D eigenvalue weighted by Crippen LogP contribution is -2.42. The van der Waals surface area contributed by atoms with E-state index in [2.05, 4.69) is 5.32 Å². The minimum absolute atomic E-state index is 0.0948. The average Bonchev–Trinajstić information content (AvgIpc) is 2.15. The SMILES string of the molecule is CC(C)NC(=O)NS(=O)(=O)c1ccccc1N. The molecule has 0 aliphatic carbocycles. The van der Waals surface area contributed by atoms with Crippen molar-refractivity contribution >= 4 is 21.7 Å². The molecule has 1 aromatic rings. The van der Waals surface area contributed by atoms with E-state index in [-0.39, 0.29) is 16.6 Å². The van der Waals surface area contributed by atoms with Gasteiger partial charge >= 0.3 is 6.03 Å². The van der Waals surface area contributed by atoms with Crippen molar-refractivity contribution in [1.29, 1.82) is 0 Å². The highest BCUT2D eigenvalue weighted by molar-refractivity contribution is 7.90. The fraction of sp³-hybridized carbons (Fsp3) is 0.300. The minimum atomic E-state index is -3.92. The second-order valence-electron chi connectivity index (χ2n) is 3.77. The summed E-state index contributed by atoms with van der Waals surface area (Å²) in [6.45, 7) is 3.45. The van der Waals surface area contributed by atoms with E-state index in [0.29, 0.717) is 0 Å². The highest BCUT2D eigenvalue weighted by atomic mass is 32.2. The number of urea groups is 1. The van der Waals surface area contributed by atoms with Crippen LogP contribution in [0.1, 0.15) is 13.8 Å². The van der Waals surface area contributed by atoms with Crippen molar-refractivity contribution in [3.63, 3.8) is 0 Å². The van der Waals surface area contributed by atoms with Crippen LogP contribution in [-0.2, 0) is 10.0 Å². The molecule has 1 rings (SSSR count). The van der Waals surface area contributed by atoms with Gasteiger partial charge in [0.15, 0.2) is 0 Å². The van der Waals surface area contributed by atoms with Gasteiger partial charge in [0.2, 0.25) is 0 Å². The van der Waals surface area contributed by atoms with Crippen LogP contribution >= 0.6 is 0 Å². The number of rotatable bonds is 3. The molecule has 17 heavy (non-hydrogen) atoms. The maximum Gasteiger partial charge on any atom is 0.328 e. The molecule has 0 aliphatic heterocycles. The van der Waals surface area contributed by atoms with Crippen LogP contribution in [0.3, 0.4) is 0 Å². The summed E-state index contributed by atoms with van der Waals surface area (Å²) in [4.78, 5) is 11.2. The molecular weight excluding hydrogens is 242 g/mol. The predicted octanol–water partition coefficient (Wildman–Crippen LogP) is 0.665. The standard InChI is InChI=1S/C10H15N3O3S/c1-7(2)12-10(14)13-17(15,16)9-6-4-3-5-8(9)11/h3-7H,11H2,1-2H3,(H2,12,13,14). The van der Waals surface area contributed by atoms with E-state index in [0.717, 1.165) is 0 Å². The van der Waals surface area contributed by atoms with Crippen molar-refractivity contribution in [2.45, 2.75) is 24.8 Å². The molecule has 6 nitrogen and oxygen atoms in total. The lowest BCUT2D eigenvalue weighted by atomic mass is 10.3. The molecule has 0 fully saturated rings. The molecule has 0 unspecified atom stereocenters. The van der Waals surface area contributed by atoms with E-state index in [4.69, 9.17) is 5.73 Å². The molecule has 1 aromatic carbocycles. The van der Waals surface area contributed by atoms with Crippen LogP contribution in [0.4, 0.5) is 10.5 Å². The number of hydrogen-bond acceptors (Lipinski definition) is 4. The number of hydrogen-bond donors (Lipinski definition) is 3. The molecule has 7 heteroatoms. The van der Waals surface area contributed by atoms with Gasteiger partial charge in [0, 0.05) is 6.04 Å². The Morgan fingerprint density at radius 2 is 1.88 bits per heavy atom. The zero-order valence-electron chi connectivity index (χ0n) is 9.60. The number of carbonyl (C=O) groups excluding carboxylic acids is 1. The largest absolute Gasteiger partial charge is 0.398 e. The van der Waals surface area contributed by atoms with Gasteiger partial charge in [-0.05, 0) is 26.0 Å². The van der Waals surface area contributed by atoms with Crippen LogP contribution in [0.15, 0.2) is 29.2 Å². The molecule has 0 radical (unpaired) electrons. The van der Waals surface area contributed by atoms with E-state index >= 15 is 0 Å². The number of amides is 2. The fourth-order valence-corrected chi connectivity index (χ4v) is 2.24. The van der Waals surface area contributed by atoms with Gasteiger partial charge in [-0.2, -0.15) is 0 Å². The number of nitrogens with two attached hydrogens (primary N) is 1. The number of sulfonamides is 1. The fourth-order valence-electron chi connectivity index (χ4n) is 1.19. The number of nitrogen functional groups attached to an aromatic ring is 1. The summed E-state index contributed by atoms with van der Waals surface area (Å²) in [6.07, 6.45) is 0. The number of nitrogens with one attached hydrogen (secondary N) is 2. The van der Waals surface area contributed by atoms with E-state index in [1.54, 1.807) is 19.9 Å². The average molecular weight is 257 g/mol. The Hall–Kier alpha value is -1.76. The van der Waals surface area contributed by atoms with Gasteiger partial charge in [0.1, 0.15) is 4.90 Å². The molecule has 0 bridgehead atoms. The van der Waals surface area contributed by atoms with Gasteiger partial charge in [-0.1, -0.05) is 12.1 Å². The maximum absolute atomic E-state index is 11.8. The molecular formula is C10H15N3O3S. The minimum Gasteiger partial charge on any atom is -0.398 e. The van der Waals surface area contributed by atoms with Gasteiger partial charge < -0.3 is 11.1 Å². The molecule has 0 aliphatic rings. The number of para-hydroxylation sites is 1. The van der Waals surface area contributed by atoms with E-state index in [1.165, 1.54) is 18.2 Å². The molecule has 94 valence electrons. The van der Waals surface area contributed by atoms with E-state index < -0.39 is 16.1 Å². The molecule has 0 saturated heterocycles. The molecule has 0 heterocycles. The third kappa shape index (κ3) is 3.63. The van der Waals surface area contributed by atoms with Crippen molar-refractivity contribution in [2.75, 3.05) is 5.73 Å². The molecule has 2 amide bonds.